The fraction of sp³-hybridized carbons (Fsp3) is 0.744. The van der Waals surface area contributed by atoms with Gasteiger partial charge in [0, 0.05) is 23.8 Å². The van der Waals surface area contributed by atoms with Crippen molar-refractivity contribution in [3.63, 3.8) is 0 Å². The molecule has 0 heterocycles. The molecule has 12 nitrogen and oxygen atoms in total. The van der Waals surface area contributed by atoms with Crippen LogP contribution in [0.4, 0.5) is 0 Å². The molecule has 0 rings (SSSR count). The summed E-state index contributed by atoms with van der Waals surface area (Å²) in [6.45, 7) is 3.23. The zero-order chi connectivity index (χ0) is 42.4. The Hall–Kier alpha value is -2.25. The first-order valence-electron chi connectivity index (χ1n) is 21.4. The van der Waals surface area contributed by atoms with Crippen LogP contribution >= 0.6 is 19.6 Å². The van der Waals surface area contributed by atoms with Crippen molar-refractivity contribution in [3.8, 4) is 0 Å². The first kappa shape index (κ1) is 54.8. The molecule has 0 aromatic carbocycles. The second-order valence-corrected chi connectivity index (χ2v) is 17.0. The molecule has 0 radical (unpaired) electrons. The number of phosphoric acid groups is 1. The van der Waals surface area contributed by atoms with Gasteiger partial charge in [0.15, 0.2) is 6.10 Å². The van der Waals surface area contributed by atoms with Crippen LogP contribution in [-0.4, -0.2) is 80.4 Å². The summed E-state index contributed by atoms with van der Waals surface area (Å²) < 4.78 is 26.5. The molecule has 0 unspecified atom stereocenters. The standard InChI is InChI=1S/C43H76NO11PS/c1-3-5-7-9-11-13-15-17-18-20-22-24-26-28-33-42(48)53-34-37(35-54-56(50,51)52)55-43(49)38(44)36-57-40(39(45)30-29-32-41(46)47)31-27-25-23-21-19-16-14-12-10-8-6-4-2/h12,14,19,21,23,25,27,31,37-40,45H,3-11,13,15-18,20,22,24,26,28-30,32-36,44H2,1-2H3,(H,46,47)(H2,50,51,52)/b14-12-,21-19-,25-23+,31-27+/t37-,38+,39+,40-/m1/s1. The maximum absolute atomic E-state index is 12.9. The molecule has 0 aliphatic heterocycles. The van der Waals surface area contributed by atoms with Gasteiger partial charge >= 0.3 is 25.7 Å². The van der Waals surface area contributed by atoms with Gasteiger partial charge in [-0.2, -0.15) is 0 Å². The number of hydrogen-bond acceptors (Lipinski definition) is 10. The van der Waals surface area contributed by atoms with Gasteiger partial charge in [0.05, 0.1) is 12.7 Å². The fourth-order valence-electron chi connectivity index (χ4n) is 5.74. The summed E-state index contributed by atoms with van der Waals surface area (Å²) >= 11 is 1.18. The number of phosphoric ester groups is 1. The molecule has 4 atom stereocenters. The van der Waals surface area contributed by atoms with Gasteiger partial charge in [-0.05, 0) is 38.5 Å². The van der Waals surface area contributed by atoms with Crippen molar-refractivity contribution in [2.45, 2.75) is 185 Å². The Balaban J connectivity index is 4.88. The molecule has 0 amide bonds. The number of aliphatic carboxylic acids is 1. The smallest absolute Gasteiger partial charge is 0.469 e. The molecule has 0 aliphatic carbocycles. The summed E-state index contributed by atoms with van der Waals surface area (Å²) in [5.74, 6) is -2.38. The van der Waals surface area contributed by atoms with Crippen LogP contribution in [0.2, 0.25) is 0 Å². The van der Waals surface area contributed by atoms with E-state index in [-0.39, 0.29) is 31.4 Å². The number of nitrogens with two attached hydrogens (primary N) is 1. The molecule has 0 bridgehead atoms. The predicted molar refractivity (Wildman–Crippen MR) is 231 cm³/mol. The van der Waals surface area contributed by atoms with Crippen LogP contribution < -0.4 is 5.73 Å². The van der Waals surface area contributed by atoms with E-state index < -0.39 is 62.4 Å². The molecule has 0 saturated carbocycles. The van der Waals surface area contributed by atoms with E-state index in [1.807, 2.05) is 18.2 Å². The van der Waals surface area contributed by atoms with Gasteiger partial charge in [0.2, 0.25) is 0 Å². The summed E-state index contributed by atoms with van der Waals surface area (Å²) in [5, 5.41) is 19.3. The number of carboxylic acids is 1. The van der Waals surface area contributed by atoms with Crippen molar-refractivity contribution in [1.82, 2.24) is 0 Å². The lowest BCUT2D eigenvalue weighted by atomic mass is 10.0. The average molecular weight is 846 g/mol. The van der Waals surface area contributed by atoms with Gasteiger partial charge in [-0.15, -0.1) is 11.8 Å². The van der Waals surface area contributed by atoms with Crippen molar-refractivity contribution in [2.75, 3.05) is 19.0 Å². The monoisotopic (exact) mass is 845 g/mol. The number of carbonyl (C=O) groups excluding carboxylic acids is 2. The number of hydrogen-bond donors (Lipinski definition) is 5. The molecular formula is C43H76NO11PS. The van der Waals surface area contributed by atoms with E-state index in [1.165, 1.54) is 95.2 Å². The van der Waals surface area contributed by atoms with Crippen LogP contribution in [0.5, 0.6) is 0 Å². The van der Waals surface area contributed by atoms with Gasteiger partial charge in [-0.25, -0.2) is 4.57 Å². The average Bonchev–Trinajstić information content (AvgIpc) is 3.16. The number of carbonyl (C=O) groups is 3. The number of aliphatic hydroxyl groups is 1. The Morgan fingerprint density at radius 1 is 0.719 bits per heavy atom. The number of esters is 2. The number of unbranched alkanes of at least 4 members (excludes halogenated alkanes) is 16. The zero-order valence-corrected chi connectivity index (χ0v) is 36.6. The third-order valence-electron chi connectivity index (χ3n) is 9.10. The normalized spacial score (nSPS) is 14.5. The van der Waals surface area contributed by atoms with E-state index in [0.29, 0.717) is 6.42 Å². The lowest BCUT2D eigenvalue weighted by Crippen LogP contribution is -2.40. The van der Waals surface area contributed by atoms with Crippen molar-refractivity contribution in [1.29, 1.82) is 0 Å². The molecule has 57 heavy (non-hydrogen) atoms. The maximum Gasteiger partial charge on any atom is 0.469 e. The summed E-state index contributed by atoms with van der Waals surface area (Å²) in [5.41, 5.74) is 6.12. The minimum absolute atomic E-state index is 0.00300. The van der Waals surface area contributed by atoms with Crippen LogP contribution in [0.25, 0.3) is 0 Å². The predicted octanol–water partition coefficient (Wildman–Crippen LogP) is 9.66. The van der Waals surface area contributed by atoms with Gasteiger partial charge in [0.25, 0.3) is 0 Å². The Labute approximate surface area is 347 Å². The third kappa shape index (κ3) is 37.8. The summed E-state index contributed by atoms with van der Waals surface area (Å²) in [6, 6.07) is -1.20. The molecule has 14 heteroatoms. The van der Waals surface area contributed by atoms with Crippen LogP contribution in [0.1, 0.15) is 162 Å². The first-order chi connectivity index (χ1) is 27.4. The van der Waals surface area contributed by atoms with Crippen molar-refractivity contribution < 1.29 is 52.9 Å². The van der Waals surface area contributed by atoms with Crippen LogP contribution in [0, 0.1) is 0 Å². The molecule has 0 saturated heterocycles. The number of thioether (sulfide) groups is 1. The summed E-state index contributed by atoms with van der Waals surface area (Å²) in [4.78, 5) is 54.7. The highest BCUT2D eigenvalue weighted by Gasteiger charge is 2.27. The number of allylic oxidation sites excluding steroid dienone is 7. The minimum Gasteiger partial charge on any atom is -0.481 e. The molecular weight excluding hydrogens is 770 g/mol. The molecule has 0 aromatic heterocycles. The van der Waals surface area contributed by atoms with E-state index in [0.717, 1.165) is 32.1 Å². The molecule has 330 valence electrons. The summed E-state index contributed by atoms with van der Waals surface area (Å²) in [7, 11) is -4.91. The highest BCUT2D eigenvalue weighted by molar-refractivity contribution is 8.00. The largest absolute Gasteiger partial charge is 0.481 e. The zero-order valence-electron chi connectivity index (χ0n) is 34.9. The van der Waals surface area contributed by atoms with E-state index in [1.54, 1.807) is 18.2 Å². The Morgan fingerprint density at radius 2 is 1.30 bits per heavy atom. The van der Waals surface area contributed by atoms with Crippen molar-refractivity contribution in [3.05, 3.63) is 48.6 Å². The molecule has 0 spiro atoms. The number of carboxylic acid groups (broad SMARTS) is 1. The Kier molecular flexibility index (Phi) is 36.5. The Bertz CT molecular complexity index is 1190. The minimum atomic E-state index is -4.91. The van der Waals surface area contributed by atoms with E-state index in [9.17, 15) is 33.8 Å². The second kappa shape index (κ2) is 38.0. The van der Waals surface area contributed by atoms with Gasteiger partial charge in [0.1, 0.15) is 12.6 Å². The van der Waals surface area contributed by atoms with Gasteiger partial charge in [-0.1, -0.05) is 159 Å². The summed E-state index contributed by atoms with van der Waals surface area (Å²) in [6.07, 6.45) is 35.9. The van der Waals surface area contributed by atoms with Crippen LogP contribution in [0.3, 0.4) is 0 Å². The van der Waals surface area contributed by atoms with E-state index >= 15 is 0 Å². The third-order valence-corrected chi connectivity index (χ3v) is 11.0. The second-order valence-electron chi connectivity index (χ2n) is 14.5. The number of rotatable bonds is 39. The molecule has 6 N–H and O–H groups in total. The topological polar surface area (TPSA) is 203 Å². The van der Waals surface area contributed by atoms with Crippen molar-refractivity contribution in [2.24, 2.45) is 5.73 Å². The quantitative estimate of drug-likeness (QED) is 0.0129. The fourth-order valence-corrected chi connectivity index (χ4v) is 7.22. The highest BCUT2D eigenvalue weighted by Crippen LogP contribution is 2.36. The van der Waals surface area contributed by atoms with Gasteiger partial charge < -0.3 is 35.2 Å². The van der Waals surface area contributed by atoms with Crippen LogP contribution in [-0.2, 0) is 32.9 Å². The van der Waals surface area contributed by atoms with E-state index in [2.05, 4.69) is 30.5 Å². The van der Waals surface area contributed by atoms with E-state index in [4.69, 9.17) is 20.3 Å². The SMILES string of the molecule is CCCCC/C=C\C\C=C/C=C/C=C/[C@@H](SC[C@H](N)C(=O)O[C@H](COC(=O)CCCCCCCCCCCCCCCC)COP(=O)(O)O)[C@@H](O)CCCC(=O)O. The molecule has 0 aliphatic rings. The van der Waals surface area contributed by atoms with Crippen LogP contribution in [0.15, 0.2) is 48.6 Å². The first-order valence-corrected chi connectivity index (χ1v) is 24.0. The van der Waals surface area contributed by atoms with Crippen molar-refractivity contribution >= 4 is 37.5 Å². The number of aliphatic hydroxyl groups excluding tert-OH is 1. The lowest BCUT2D eigenvalue weighted by Gasteiger charge is -2.23. The number of ether oxygens (including phenoxy) is 2. The molecule has 0 aromatic rings. The Morgan fingerprint density at radius 3 is 1.89 bits per heavy atom. The molecule has 0 fully saturated rings. The highest BCUT2D eigenvalue weighted by atomic mass is 32.2. The van der Waals surface area contributed by atoms with Gasteiger partial charge in [-0.3, -0.25) is 18.9 Å². The maximum atomic E-state index is 12.9. The lowest BCUT2D eigenvalue weighted by molar-refractivity contribution is -0.161.